The minimum atomic E-state index is -4.44. The molecule has 0 saturated heterocycles. The van der Waals surface area contributed by atoms with Crippen molar-refractivity contribution >= 4 is 27.6 Å². The maximum atomic E-state index is 15.0. The van der Waals surface area contributed by atoms with E-state index in [1.54, 1.807) is 26.8 Å². The van der Waals surface area contributed by atoms with Gasteiger partial charge in [0.25, 0.3) is 0 Å². The Kier molecular flexibility index (Phi) is 8.45. The largest absolute Gasteiger partial charge is 0.495 e. The van der Waals surface area contributed by atoms with Gasteiger partial charge in [-0.2, -0.15) is 4.72 Å². The van der Waals surface area contributed by atoms with Gasteiger partial charge in [0.15, 0.2) is 0 Å². The lowest BCUT2D eigenvalue weighted by molar-refractivity contribution is -0.145. The molecular weight excluding hydrogens is 529 g/mol. The van der Waals surface area contributed by atoms with Gasteiger partial charge in [0.2, 0.25) is 15.9 Å². The molecule has 0 radical (unpaired) electrons. The number of halogens is 2. The van der Waals surface area contributed by atoms with Gasteiger partial charge in [-0.15, -0.1) is 5.10 Å². The molecule has 37 heavy (non-hydrogen) atoms. The molecule has 1 aromatic heterocycles. The lowest BCUT2D eigenvalue weighted by atomic mass is 9.88. The van der Waals surface area contributed by atoms with Gasteiger partial charge in [-0.3, -0.25) is 4.79 Å². The SMILES string of the molecule is COc1c(S(=O)(=O)N[C@H](c2n[nH]c(=O)o2)[C@H](C)c2c(F)ccc(C)c2C)ccc(Cl)c1C(C)OC(C)=O. The first-order valence-electron chi connectivity index (χ1n) is 11.1. The molecule has 0 saturated carbocycles. The third-order valence-corrected chi connectivity index (χ3v) is 7.83. The van der Waals surface area contributed by atoms with Crippen LogP contribution < -0.4 is 15.2 Å². The van der Waals surface area contributed by atoms with E-state index < -0.39 is 45.6 Å². The number of sulfonamides is 1. The molecular formula is C24H27ClFN3O7S. The van der Waals surface area contributed by atoms with Gasteiger partial charge in [0.1, 0.15) is 28.6 Å². The van der Waals surface area contributed by atoms with Crippen LogP contribution in [0.15, 0.2) is 38.4 Å². The van der Waals surface area contributed by atoms with Crippen LogP contribution in [0.25, 0.3) is 0 Å². The fraction of sp³-hybridized carbons (Fsp3) is 0.375. The van der Waals surface area contributed by atoms with Crippen LogP contribution in [0.5, 0.6) is 5.75 Å². The van der Waals surface area contributed by atoms with Crippen molar-refractivity contribution in [1.29, 1.82) is 0 Å². The van der Waals surface area contributed by atoms with Crippen molar-refractivity contribution in [2.75, 3.05) is 7.11 Å². The third-order valence-electron chi connectivity index (χ3n) is 6.04. The Morgan fingerprint density at radius 1 is 1.19 bits per heavy atom. The number of hydrogen-bond acceptors (Lipinski definition) is 8. The van der Waals surface area contributed by atoms with Crippen molar-refractivity contribution in [2.24, 2.45) is 0 Å². The Bertz CT molecular complexity index is 1490. The van der Waals surface area contributed by atoms with E-state index in [-0.39, 0.29) is 32.7 Å². The summed E-state index contributed by atoms with van der Waals surface area (Å²) in [6.07, 6.45) is -0.932. The highest BCUT2D eigenvalue weighted by Gasteiger charge is 2.35. The molecule has 2 aromatic carbocycles. The summed E-state index contributed by atoms with van der Waals surface area (Å²) >= 11 is 6.30. The first-order chi connectivity index (χ1) is 17.3. The summed E-state index contributed by atoms with van der Waals surface area (Å²) in [6.45, 7) is 7.81. The highest BCUT2D eigenvalue weighted by atomic mass is 35.5. The fourth-order valence-corrected chi connectivity index (χ4v) is 5.92. The summed E-state index contributed by atoms with van der Waals surface area (Å²) in [4.78, 5) is 22.9. The van der Waals surface area contributed by atoms with Gasteiger partial charge in [0.05, 0.1) is 17.7 Å². The Balaban J connectivity index is 2.15. The number of H-pyrrole nitrogens is 1. The molecule has 0 aliphatic rings. The number of carbonyl (C=O) groups is 1. The average molecular weight is 556 g/mol. The number of esters is 1. The number of benzene rings is 2. The number of aromatic nitrogens is 2. The molecule has 1 unspecified atom stereocenters. The van der Waals surface area contributed by atoms with Crippen LogP contribution in [-0.4, -0.2) is 31.7 Å². The molecule has 13 heteroatoms. The number of aryl methyl sites for hydroxylation is 1. The number of carbonyl (C=O) groups excluding carboxylic acids is 1. The van der Waals surface area contributed by atoms with Crippen molar-refractivity contribution in [3.8, 4) is 5.75 Å². The smallest absolute Gasteiger partial charge is 0.434 e. The number of methoxy groups -OCH3 is 1. The zero-order valence-corrected chi connectivity index (χ0v) is 22.6. The topological polar surface area (TPSA) is 141 Å². The molecule has 3 atom stereocenters. The highest BCUT2D eigenvalue weighted by Crippen LogP contribution is 2.40. The van der Waals surface area contributed by atoms with Crippen LogP contribution in [0.1, 0.15) is 67.0 Å². The fourth-order valence-electron chi connectivity index (χ4n) is 4.17. The summed E-state index contributed by atoms with van der Waals surface area (Å²) in [5, 5.41) is 6.01. The predicted octanol–water partition coefficient (Wildman–Crippen LogP) is 4.23. The molecule has 10 nitrogen and oxygen atoms in total. The first kappa shape index (κ1) is 28.4. The zero-order valence-electron chi connectivity index (χ0n) is 21.0. The van der Waals surface area contributed by atoms with Crippen LogP contribution in [-0.2, 0) is 19.6 Å². The highest BCUT2D eigenvalue weighted by molar-refractivity contribution is 7.89. The molecule has 0 fully saturated rings. The minimum absolute atomic E-state index is 0.116. The Labute approximate surface area is 218 Å². The number of aromatic amines is 1. The van der Waals surface area contributed by atoms with E-state index in [1.807, 2.05) is 0 Å². The number of hydrogen-bond donors (Lipinski definition) is 2. The van der Waals surface area contributed by atoms with Crippen molar-refractivity contribution in [3.05, 3.63) is 73.8 Å². The van der Waals surface area contributed by atoms with Crippen molar-refractivity contribution in [1.82, 2.24) is 14.9 Å². The summed E-state index contributed by atoms with van der Waals surface area (Å²) in [6, 6.07) is 4.14. The van der Waals surface area contributed by atoms with Crippen molar-refractivity contribution < 1.29 is 31.5 Å². The van der Waals surface area contributed by atoms with Gasteiger partial charge in [-0.1, -0.05) is 24.6 Å². The quantitative estimate of drug-likeness (QED) is 0.374. The van der Waals surface area contributed by atoms with Gasteiger partial charge < -0.3 is 13.9 Å². The third kappa shape index (κ3) is 5.86. The van der Waals surface area contributed by atoms with E-state index in [0.29, 0.717) is 5.56 Å². The van der Waals surface area contributed by atoms with E-state index in [0.717, 1.165) is 5.56 Å². The van der Waals surface area contributed by atoms with Crippen molar-refractivity contribution in [2.45, 2.75) is 57.6 Å². The van der Waals surface area contributed by atoms with Gasteiger partial charge in [-0.05, 0) is 55.7 Å². The Morgan fingerprint density at radius 3 is 2.43 bits per heavy atom. The van der Waals surface area contributed by atoms with E-state index in [4.69, 9.17) is 25.5 Å². The monoisotopic (exact) mass is 555 g/mol. The second-order valence-electron chi connectivity index (χ2n) is 8.49. The summed E-state index contributed by atoms with van der Waals surface area (Å²) in [5.41, 5.74) is 1.76. The molecule has 0 aliphatic carbocycles. The van der Waals surface area contributed by atoms with Crippen LogP contribution in [0.4, 0.5) is 4.39 Å². The second-order valence-corrected chi connectivity index (χ2v) is 10.6. The Morgan fingerprint density at radius 2 is 1.86 bits per heavy atom. The van der Waals surface area contributed by atoms with Crippen LogP contribution >= 0.6 is 11.6 Å². The van der Waals surface area contributed by atoms with Crippen LogP contribution in [0.3, 0.4) is 0 Å². The number of nitrogens with one attached hydrogen (secondary N) is 2. The van der Waals surface area contributed by atoms with E-state index in [9.17, 15) is 22.4 Å². The number of nitrogens with zero attached hydrogens (tertiary/aromatic N) is 1. The van der Waals surface area contributed by atoms with E-state index in [1.165, 1.54) is 39.2 Å². The molecule has 1 heterocycles. The zero-order chi connectivity index (χ0) is 27.7. The summed E-state index contributed by atoms with van der Waals surface area (Å²) in [7, 11) is -3.20. The molecule has 3 rings (SSSR count). The first-order valence-corrected chi connectivity index (χ1v) is 13.0. The molecule has 0 spiro atoms. The van der Waals surface area contributed by atoms with Gasteiger partial charge in [-0.25, -0.2) is 22.7 Å². The van der Waals surface area contributed by atoms with Crippen LogP contribution in [0.2, 0.25) is 5.02 Å². The maximum absolute atomic E-state index is 15.0. The molecule has 0 amide bonds. The Hall–Kier alpha value is -3.22. The van der Waals surface area contributed by atoms with Crippen LogP contribution in [0, 0.1) is 19.7 Å². The maximum Gasteiger partial charge on any atom is 0.434 e. The molecule has 2 N–H and O–H groups in total. The molecule has 0 bridgehead atoms. The second kappa shape index (κ2) is 11.0. The standard InChI is InChI=1S/C24H27ClFN3O7S/c1-11-7-9-17(26)19(12(11)2)13(3)21(23-27-28-24(31)36-23)29-37(32,33)18-10-8-16(25)20(22(18)34-6)14(4)35-15(5)30/h7-10,13-14,21,29H,1-6H3,(H,28,31)/t13-,14?,21+/m1/s1. The van der Waals surface area contributed by atoms with Gasteiger partial charge >= 0.3 is 11.7 Å². The summed E-state index contributed by atoms with van der Waals surface area (Å²) in [5.74, 6) is -3.37. The molecule has 0 aliphatic heterocycles. The van der Waals surface area contributed by atoms with Crippen molar-refractivity contribution in [3.63, 3.8) is 0 Å². The normalized spacial score (nSPS) is 14.2. The number of ether oxygens (including phenoxy) is 2. The molecule has 200 valence electrons. The minimum Gasteiger partial charge on any atom is -0.495 e. The van der Waals surface area contributed by atoms with E-state index >= 15 is 0 Å². The number of rotatable bonds is 9. The van der Waals surface area contributed by atoms with E-state index in [2.05, 4.69) is 14.9 Å². The predicted molar refractivity (Wildman–Crippen MR) is 133 cm³/mol. The van der Waals surface area contributed by atoms with Gasteiger partial charge in [0, 0.05) is 12.8 Å². The summed E-state index contributed by atoms with van der Waals surface area (Å²) < 4.78 is 60.5. The lowest BCUT2D eigenvalue weighted by Gasteiger charge is -2.26. The molecule has 3 aromatic rings. The average Bonchev–Trinajstić information content (AvgIpc) is 3.24. The lowest BCUT2D eigenvalue weighted by Crippen LogP contribution is -2.33.